The fourth-order valence-electron chi connectivity index (χ4n) is 1.04. The number of amides is 1. The van der Waals surface area contributed by atoms with Crippen LogP contribution in [0.2, 0.25) is 0 Å². The Morgan fingerprint density at radius 3 is 2.47 bits per heavy atom. The molecular formula is C10H20N2O3. The molecule has 0 saturated heterocycles. The lowest BCUT2D eigenvalue weighted by Crippen LogP contribution is -2.39. The average molecular weight is 216 g/mol. The summed E-state index contributed by atoms with van der Waals surface area (Å²) in [7, 11) is 1.29. The van der Waals surface area contributed by atoms with Gasteiger partial charge in [0.15, 0.2) is 0 Å². The number of methoxy groups -OCH3 is 1. The van der Waals surface area contributed by atoms with Crippen LogP contribution < -0.4 is 11.1 Å². The molecule has 0 fully saturated rings. The van der Waals surface area contributed by atoms with Crippen molar-refractivity contribution in [3.05, 3.63) is 0 Å². The molecule has 15 heavy (non-hydrogen) atoms. The van der Waals surface area contributed by atoms with Crippen molar-refractivity contribution >= 4 is 11.9 Å². The van der Waals surface area contributed by atoms with Gasteiger partial charge in [-0.25, -0.2) is 4.79 Å². The maximum absolute atomic E-state index is 11.3. The van der Waals surface area contributed by atoms with Crippen molar-refractivity contribution in [1.29, 1.82) is 0 Å². The number of rotatable bonds is 6. The van der Waals surface area contributed by atoms with E-state index < -0.39 is 12.0 Å². The van der Waals surface area contributed by atoms with Gasteiger partial charge < -0.3 is 15.8 Å². The molecular weight excluding hydrogens is 196 g/mol. The summed E-state index contributed by atoms with van der Waals surface area (Å²) < 4.78 is 4.49. The number of ether oxygens (including phenoxy) is 1. The van der Waals surface area contributed by atoms with Crippen molar-refractivity contribution in [2.75, 3.05) is 13.7 Å². The molecule has 0 aromatic carbocycles. The lowest BCUT2D eigenvalue weighted by atomic mass is 10.1. The fourth-order valence-corrected chi connectivity index (χ4v) is 1.04. The summed E-state index contributed by atoms with van der Waals surface area (Å²) in [5.74, 6) is -0.257. The molecule has 0 aromatic rings. The summed E-state index contributed by atoms with van der Waals surface area (Å²) in [5, 5.41) is 2.56. The predicted octanol–water partition coefficient (Wildman–Crippen LogP) is 0.0391. The molecule has 0 bridgehead atoms. The van der Waals surface area contributed by atoms with E-state index in [1.165, 1.54) is 7.11 Å². The molecule has 5 nitrogen and oxygen atoms in total. The number of carbonyl (C=O) groups is 2. The smallest absolute Gasteiger partial charge is 0.328 e. The molecule has 0 aromatic heterocycles. The number of carbonyl (C=O) groups excluding carboxylic acids is 2. The highest BCUT2D eigenvalue weighted by Crippen LogP contribution is 2.03. The van der Waals surface area contributed by atoms with Gasteiger partial charge in [0.05, 0.1) is 7.11 Å². The van der Waals surface area contributed by atoms with Crippen LogP contribution in [0.5, 0.6) is 0 Å². The van der Waals surface area contributed by atoms with Gasteiger partial charge in [-0.2, -0.15) is 0 Å². The van der Waals surface area contributed by atoms with E-state index in [1.54, 1.807) is 6.92 Å². The van der Waals surface area contributed by atoms with Crippen LogP contribution in [0.1, 0.15) is 26.7 Å². The molecule has 0 aliphatic rings. The standard InChI is InChI=1S/C10H20N2O3/c1-7(6-11)4-5-9(13)12-8(2)10(14)15-3/h7-8H,4-6,11H2,1-3H3,(H,12,13)/t7?,8-/m0/s1. The summed E-state index contributed by atoms with van der Waals surface area (Å²) in [4.78, 5) is 22.3. The maximum Gasteiger partial charge on any atom is 0.328 e. The second-order valence-corrected chi connectivity index (χ2v) is 3.69. The Hall–Kier alpha value is -1.10. The lowest BCUT2D eigenvalue weighted by molar-refractivity contribution is -0.144. The van der Waals surface area contributed by atoms with Crippen LogP contribution in [-0.4, -0.2) is 31.6 Å². The van der Waals surface area contributed by atoms with Gasteiger partial charge in [-0.1, -0.05) is 6.92 Å². The normalized spacial score (nSPS) is 14.1. The minimum atomic E-state index is -0.587. The molecule has 2 atom stereocenters. The minimum Gasteiger partial charge on any atom is -0.467 e. The van der Waals surface area contributed by atoms with Gasteiger partial charge in [0.2, 0.25) is 5.91 Å². The highest BCUT2D eigenvalue weighted by Gasteiger charge is 2.15. The number of nitrogens with one attached hydrogen (secondary N) is 1. The second kappa shape index (κ2) is 7.23. The number of hydrogen-bond donors (Lipinski definition) is 2. The van der Waals surface area contributed by atoms with Crippen molar-refractivity contribution in [3.63, 3.8) is 0 Å². The first-order valence-corrected chi connectivity index (χ1v) is 5.08. The van der Waals surface area contributed by atoms with Gasteiger partial charge in [-0.15, -0.1) is 0 Å². The molecule has 3 N–H and O–H groups in total. The highest BCUT2D eigenvalue weighted by atomic mass is 16.5. The van der Waals surface area contributed by atoms with Gasteiger partial charge in [-0.05, 0) is 25.8 Å². The zero-order valence-corrected chi connectivity index (χ0v) is 9.58. The van der Waals surface area contributed by atoms with Crippen molar-refractivity contribution in [2.24, 2.45) is 11.7 Å². The lowest BCUT2D eigenvalue weighted by Gasteiger charge is -2.12. The Labute approximate surface area is 90.4 Å². The van der Waals surface area contributed by atoms with Crippen LogP contribution in [0.25, 0.3) is 0 Å². The first-order valence-electron chi connectivity index (χ1n) is 5.08. The van der Waals surface area contributed by atoms with Crippen LogP contribution >= 0.6 is 0 Å². The number of nitrogens with two attached hydrogens (primary N) is 1. The zero-order valence-electron chi connectivity index (χ0n) is 9.58. The SMILES string of the molecule is COC(=O)[C@H](C)NC(=O)CCC(C)CN. The van der Waals surface area contributed by atoms with Crippen molar-refractivity contribution in [3.8, 4) is 0 Å². The Bertz CT molecular complexity index is 219. The van der Waals surface area contributed by atoms with E-state index in [9.17, 15) is 9.59 Å². The van der Waals surface area contributed by atoms with Crippen molar-refractivity contribution in [2.45, 2.75) is 32.7 Å². The molecule has 88 valence electrons. The Balaban J connectivity index is 3.78. The van der Waals surface area contributed by atoms with Crippen molar-refractivity contribution in [1.82, 2.24) is 5.32 Å². The molecule has 0 rings (SSSR count). The van der Waals surface area contributed by atoms with Crippen LogP contribution in [0.15, 0.2) is 0 Å². The van der Waals surface area contributed by atoms with E-state index in [0.29, 0.717) is 18.9 Å². The van der Waals surface area contributed by atoms with Gasteiger partial charge in [-0.3, -0.25) is 4.79 Å². The van der Waals surface area contributed by atoms with Crippen LogP contribution in [0.3, 0.4) is 0 Å². The Morgan fingerprint density at radius 1 is 1.40 bits per heavy atom. The molecule has 0 spiro atoms. The van der Waals surface area contributed by atoms with E-state index in [4.69, 9.17) is 5.73 Å². The first-order chi connectivity index (χ1) is 7.01. The maximum atomic E-state index is 11.3. The predicted molar refractivity (Wildman–Crippen MR) is 57.1 cm³/mol. The quantitative estimate of drug-likeness (QED) is 0.614. The Morgan fingerprint density at radius 2 is 2.00 bits per heavy atom. The van der Waals surface area contributed by atoms with E-state index in [-0.39, 0.29) is 5.91 Å². The molecule has 0 aliphatic heterocycles. The molecule has 1 unspecified atom stereocenters. The highest BCUT2D eigenvalue weighted by molar-refractivity contribution is 5.83. The average Bonchev–Trinajstić information content (AvgIpc) is 2.24. The summed E-state index contributed by atoms with van der Waals surface area (Å²) in [6.45, 7) is 4.15. The number of esters is 1. The van der Waals surface area contributed by atoms with Gasteiger partial charge in [0, 0.05) is 6.42 Å². The van der Waals surface area contributed by atoms with E-state index in [1.807, 2.05) is 6.92 Å². The van der Waals surface area contributed by atoms with Gasteiger partial charge >= 0.3 is 5.97 Å². The van der Waals surface area contributed by atoms with E-state index in [0.717, 1.165) is 6.42 Å². The topological polar surface area (TPSA) is 81.4 Å². The molecule has 1 amide bonds. The molecule has 0 aliphatic carbocycles. The molecule has 0 radical (unpaired) electrons. The zero-order chi connectivity index (χ0) is 11.8. The molecule has 5 heteroatoms. The monoisotopic (exact) mass is 216 g/mol. The third kappa shape index (κ3) is 6.06. The summed E-state index contributed by atoms with van der Waals surface area (Å²) >= 11 is 0. The summed E-state index contributed by atoms with van der Waals surface area (Å²) in [5.41, 5.74) is 5.42. The third-order valence-corrected chi connectivity index (χ3v) is 2.20. The van der Waals surface area contributed by atoms with E-state index >= 15 is 0 Å². The van der Waals surface area contributed by atoms with Crippen LogP contribution in [0, 0.1) is 5.92 Å². The van der Waals surface area contributed by atoms with Gasteiger partial charge in [0.25, 0.3) is 0 Å². The molecule has 0 heterocycles. The van der Waals surface area contributed by atoms with Crippen molar-refractivity contribution < 1.29 is 14.3 Å². The second-order valence-electron chi connectivity index (χ2n) is 3.69. The fraction of sp³-hybridized carbons (Fsp3) is 0.800. The number of hydrogen-bond acceptors (Lipinski definition) is 4. The summed E-state index contributed by atoms with van der Waals surface area (Å²) in [6.07, 6.45) is 1.12. The first kappa shape index (κ1) is 13.9. The van der Waals surface area contributed by atoms with E-state index in [2.05, 4.69) is 10.1 Å². The Kier molecular flexibility index (Phi) is 6.70. The minimum absolute atomic E-state index is 0.145. The van der Waals surface area contributed by atoms with Gasteiger partial charge in [0.1, 0.15) is 6.04 Å². The largest absolute Gasteiger partial charge is 0.467 e. The molecule has 0 saturated carbocycles. The van der Waals surface area contributed by atoms with Crippen LogP contribution in [-0.2, 0) is 14.3 Å². The summed E-state index contributed by atoms with van der Waals surface area (Å²) in [6, 6.07) is -0.587. The van der Waals surface area contributed by atoms with Crippen LogP contribution in [0.4, 0.5) is 0 Å². The third-order valence-electron chi connectivity index (χ3n) is 2.20.